The van der Waals surface area contributed by atoms with Gasteiger partial charge >= 0.3 is 0 Å². The largest absolute Gasteiger partial charge is 0.303 e. The van der Waals surface area contributed by atoms with E-state index < -0.39 is 0 Å². The Labute approximate surface area is 223 Å². The van der Waals surface area contributed by atoms with Crippen molar-refractivity contribution in [2.45, 2.75) is 149 Å². The van der Waals surface area contributed by atoms with Crippen LogP contribution in [0.1, 0.15) is 148 Å². The number of nitrogens with one attached hydrogen (secondary N) is 1. The number of nitrogens with zero attached hydrogens (tertiary/aromatic N) is 3. The summed E-state index contributed by atoms with van der Waals surface area (Å²) in [6, 6.07) is 6.40. The standard InChI is InChI=1S/C32H58N4/c1-3-5-7-9-11-13-15-17-19-21-27-36(28-22-20-18-16-14-12-10-8-6-4-2)29-26-30-24-23-25-31-32(30)34-35-33-31/h23-25H,3-22,26-29H2,1-2H3,(H,33,34,35). The van der Waals surface area contributed by atoms with Crippen molar-refractivity contribution < 1.29 is 0 Å². The second-order valence-electron chi connectivity index (χ2n) is 11.1. The van der Waals surface area contributed by atoms with Crippen molar-refractivity contribution in [3.63, 3.8) is 0 Å². The Morgan fingerprint density at radius 1 is 0.556 bits per heavy atom. The molecule has 2 aromatic rings. The minimum atomic E-state index is 0.989. The van der Waals surface area contributed by atoms with Crippen molar-refractivity contribution in [1.29, 1.82) is 0 Å². The summed E-state index contributed by atoms with van der Waals surface area (Å²) in [7, 11) is 0. The van der Waals surface area contributed by atoms with Gasteiger partial charge in [0.1, 0.15) is 11.0 Å². The van der Waals surface area contributed by atoms with Crippen LogP contribution in [0.15, 0.2) is 18.2 Å². The average Bonchev–Trinajstić information content (AvgIpc) is 3.38. The van der Waals surface area contributed by atoms with E-state index in [-0.39, 0.29) is 0 Å². The molecule has 0 amide bonds. The zero-order valence-electron chi connectivity index (χ0n) is 24.0. The van der Waals surface area contributed by atoms with Gasteiger partial charge in [0.2, 0.25) is 0 Å². The molecule has 0 aliphatic carbocycles. The second-order valence-corrected chi connectivity index (χ2v) is 11.1. The maximum absolute atomic E-state index is 4.40. The first-order valence-electron chi connectivity index (χ1n) is 15.9. The van der Waals surface area contributed by atoms with Crippen LogP contribution in [0.3, 0.4) is 0 Å². The van der Waals surface area contributed by atoms with Gasteiger partial charge in [-0.2, -0.15) is 15.4 Å². The molecule has 0 spiro atoms. The average molecular weight is 499 g/mol. The number of aromatic nitrogens is 3. The van der Waals surface area contributed by atoms with Crippen molar-refractivity contribution in [3.05, 3.63) is 23.8 Å². The van der Waals surface area contributed by atoms with Crippen molar-refractivity contribution in [3.8, 4) is 0 Å². The lowest BCUT2D eigenvalue weighted by atomic mass is 10.1. The minimum absolute atomic E-state index is 0.989. The van der Waals surface area contributed by atoms with Crippen LogP contribution in [-0.2, 0) is 6.42 Å². The van der Waals surface area contributed by atoms with Gasteiger partial charge in [0.15, 0.2) is 0 Å². The van der Waals surface area contributed by atoms with E-state index in [4.69, 9.17) is 0 Å². The molecule has 4 heteroatoms. The fourth-order valence-electron chi connectivity index (χ4n) is 5.39. The van der Waals surface area contributed by atoms with Crippen LogP contribution in [0, 0.1) is 0 Å². The molecule has 1 N–H and O–H groups in total. The number of fused-ring (bicyclic) bond motifs is 1. The Morgan fingerprint density at radius 2 is 1.03 bits per heavy atom. The summed E-state index contributed by atoms with van der Waals surface area (Å²) >= 11 is 0. The van der Waals surface area contributed by atoms with Gasteiger partial charge in [-0.15, -0.1) is 0 Å². The van der Waals surface area contributed by atoms with Gasteiger partial charge in [0.25, 0.3) is 0 Å². The molecule has 1 heterocycles. The SMILES string of the molecule is CCCCCCCCCCCCN(CCCCCCCCCCCC)CCc1cccc2n[nH]nc12. The number of unbranched alkanes of at least 4 members (excludes halogenated alkanes) is 18. The van der Waals surface area contributed by atoms with Crippen molar-refractivity contribution >= 4 is 11.0 Å². The maximum Gasteiger partial charge on any atom is 0.116 e. The molecule has 1 aromatic heterocycles. The summed E-state index contributed by atoms with van der Waals surface area (Å²) in [5.74, 6) is 0. The smallest absolute Gasteiger partial charge is 0.116 e. The van der Waals surface area contributed by atoms with Crippen molar-refractivity contribution in [1.82, 2.24) is 20.3 Å². The van der Waals surface area contributed by atoms with E-state index in [1.54, 1.807) is 0 Å². The molecule has 0 atom stereocenters. The second kappa shape index (κ2) is 21.6. The number of rotatable bonds is 25. The van der Waals surface area contributed by atoms with E-state index in [0.29, 0.717) is 0 Å². The number of benzene rings is 1. The zero-order valence-corrected chi connectivity index (χ0v) is 24.0. The van der Waals surface area contributed by atoms with Gasteiger partial charge in [-0.1, -0.05) is 142 Å². The highest BCUT2D eigenvalue weighted by Crippen LogP contribution is 2.16. The molecule has 0 bridgehead atoms. The highest BCUT2D eigenvalue weighted by molar-refractivity contribution is 5.77. The van der Waals surface area contributed by atoms with Crippen molar-refractivity contribution in [2.75, 3.05) is 19.6 Å². The van der Waals surface area contributed by atoms with Gasteiger partial charge in [0, 0.05) is 6.54 Å². The molecule has 2 rings (SSSR count). The lowest BCUT2D eigenvalue weighted by Crippen LogP contribution is -2.28. The Bertz CT molecular complexity index is 717. The molecule has 0 saturated heterocycles. The molecule has 0 aliphatic rings. The van der Waals surface area contributed by atoms with E-state index in [0.717, 1.165) is 24.0 Å². The zero-order chi connectivity index (χ0) is 25.5. The lowest BCUT2D eigenvalue weighted by Gasteiger charge is -2.22. The number of H-pyrrole nitrogens is 1. The first-order valence-corrected chi connectivity index (χ1v) is 15.9. The van der Waals surface area contributed by atoms with E-state index in [1.165, 1.54) is 147 Å². The van der Waals surface area contributed by atoms with E-state index in [9.17, 15) is 0 Å². The highest BCUT2D eigenvalue weighted by Gasteiger charge is 2.09. The fourth-order valence-corrected chi connectivity index (χ4v) is 5.39. The van der Waals surface area contributed by atoms with Crippen LogP contribution >= 0.6 is 0 Å². The quantitative estimate of drug-likeness (QED) is 0.139. The number of hydrogen-bond donors (Lipinski definition) is 1. The molecule has 206 valence electrons. The van der Waals surface area contributed by atoms with Crippen LogP contribution in [0.5, 0.6) is 0 Å². The summed E-state index contributed by atoms with van der Waals surface area (Å²) in [5, 5.41) is 11.5. The van der Waals surface area contributed by atoms with Crippen LogP contribution < -0.4 is 0 Å². The highest BCUT2D eigenvalue weighted by atomic mass is 15.3. The van der Waals surface area contributed by atoms with Gasteiger partial charge in [-0.25, -0.2) is 0 Å². The topological polar surface area (TPSA) is 44.8 Å². The summed E-state index contributed by atoms with van der Waals surface area (Å²) in [6.07, 6.45) is 29.3. The molecule has 0 unspecified atom stereocenters. The van der Waals surface area contributed by atoms with Crippen LogP contribution in [0.2, 0.25) is 0 Å². The molecule has 0 fully saturated rings. The minimum Gasteiger partial charge on any atom is -0.303 e. The third-order valence-electron chi connectivity index (χ3n) is 7.78. The molecule has 36 heavy (non-hydrogen) atoms. The monoisotopic (exact) mass is 498 g/mol. The molecule has 4 nitrogen and oxygen atoms in total. The number of aromatic amines is 1. The fraction of sp³-hybridized carbons (Fsp3) is 0.812. The third-order valence-corrected chi connectivity index (χ3v) is 7.78. The van der Waals surface area contributed by atoms with Gasteiger partial charge in [-0.3, -0.25) is 0 Å². The maximum atomic E-state index is 4.40. The predicted molar refractivity (Wildman–Crippen MR) is 158 cm³/mol. The van der Waals surface area contributed by atoms with Crippen molar-refractivity contribution in [2.24, 2.45) is 0 Å². The molecular weight excluding hydrogens is 440 g/mol. The summed E-state index contributed by atoms with van der Waals surface area (Å²) in [5.41, 5.74) is 3.37. The van der Waals surface area contributed by atoms with Gasteiger partial charge in [-0.05, 0) is 44.0 Å². The Hall–Kier alpha value is -1.42. The number of para-hydroxylation sites is 1. The van der Waals surface area contributed by atoms with Crippen LogP contribution in [0.4, 0.5) is 0 Å². The Balaban J connectivity index is 1.63. The van der Waals surface area contributed by atoms with Gasteiger partial charge in [0.05, 0.1) is 0 Å². The molecular formula is C32H58N4. The summed E-state index contributed by atoms with van der Waals surface area (Å²) < 4.78 is 0. The molecule has 0 radical (unpaired) electrons. The van der Waals surface area contributed by atoms with Crippen LogP contribution in [-0.4, -0.2) is 39.9 Å². The summed E-state index contributed by atoms with van der Waals surface area (Å²) in [4.78, 5) is 2.73. The Kier molecular flexibility index (Phi) is 18.5. The summed E-state index contributed by atoms with van der Waals surface area (Å²) in [6.45, 7) is 8.25. The predicted octanol–water partition coefficient (Wildman–Crippen LogP) is 9.64. The van der Waals surface area contributed by atoms with E-state index in [2.05, 4.69) is 46.3 Å². The normalized spacial score (nSPS) is 11.8. The lowest BCUT2D eigenvalue weighted by molar-refractivity contribution is 0.263. The molecule has 0 saturated carbocycles. The van der Waals surface area contributed by atoms with Gasteiger partial charge < -0.3 is 4.90 Å². The first-order chi connectivity index (χ1) is 17.8. The first kappa shape index (κ1) is 30.8. The number of hydrogen-bond acceptors (Lipinski definition) is 3. The Morgan fingerprint density at radius 3 is 1.53 bits per heavy atom. The third kappa shape index (κ3) is 14.4. The van der Waals surface area contributed by atoms with E-state index >= 15 is 0 Å². The van der Waals surface area contributed by atoms with E-state index in [1.807, 2.05) is 6.07 Å². The van der Waals surface area contributed by atoms with Crippen LogP contribution in [0.25, 0.3) is 11.0 Å². The molecule has 0 aliphatic heterocycles. The molecule has 1 aromatic carbocycles.